The zero-order chi connectivity index (χ0) is 22.3. The molecule has 0 aliphatic heterocycles. The molecule has 0 saturated carbocycles. The van der Waals surface area contributed by atoms with Crippen LogP contribution in [0.1, 0.15) is 16.8 Å². The maximum atomic E-state index is 12.6. The van der Waals surface area contributed by atoms with Gasteiger partial charge in [-0.05, 0) is 60.4 Å². The molecule has 160 valence electrons. The fraction of sp³-hybridized carbons (Fsp3) is 0.115. The maximum Gasteiger partial charge on any atom is 0.229 e. The number of carbonyl (C=O) groups is 1. The van der Waals surface area contributed by atoms with Crippen LogP contribution in [0.3, 0.4) is 0 Å². The van der Waals surface area contributed by atoms with Gasteiger partial charge in [-0.2, -0.15) is 0 Å². The molecule has 1 heterocycles. The van der Waals surface area contributed by atoms with Crippen LogP contribution >= 0.6 is 0 Å². The van der Waals surface area contributed by atoms with Crippen LogP contribution in [0.5, 0.6) is 11.5 Å². The Labute approximate surface area is 186 Å². The third-order valence-corrected chi connectivity index (χ3v) is 5.06. The van der Waals surface area contributed by atoms with E-state index in [1.54, 1.807) is 54.7 Å². The van der Waals surface area contributed by atoms with E-state index in [9.17, 15) is 15.0 Å². The maximum absolute atomic E-state index is 12.6. The molecule has 1 aromatic heterocycles. The summed E-state index contributed by atoms with van der Waals surface area (Å²) in [6.45, 7) is 0. The van der Waals surface area contributed by atoms with Gasteiger partial charge in [0.25, 0.3) is 0 Å². The number of hydrogen-bond donors (Lipinski definition) is 3. The molecule has 0 fully saturated rings. The number of phenols is 2. The number of amides is 1. The summed E-state index contributed by atoms with van der Waals surface area (Å²) in [5.41, 5.74) is 4.16. The van der Waals surface area contributed by atoms with E-state index in [0.717, 1.165) is 17.5 Å². The van der Waals surface area contributed by atoms with Crippen molar-refractivity contribution in [2.45, 2.75) is 19.3 Å². The first-order chi connectivity index (χ1) is 15.6. The van der Waals surface area contributed by atoms with Crippen LogP contribution < -0.4 is 5.32 Å². The highest BCUT2D eigenvalue weighted by Gasteiger charge is 2.13. The van der Waals surface area contributed by atoms with Gasteiger partial charge in [-0.25, -0.2) is 9.97 Å². The Morgan fingerprint density at radius 1 is 0.781 bits per heavy atom. The van der Waals surface area contributed by atoms with Gasteiger partial charge < -0.3 is 15.5 Å². The zero-order valence-corrected chi connectivity index (χ0v) is 17.4. The van der Waals surface area contributed by atoms with E-state index in [-0.39, 0.29) is 23.8 Å². The second-order valence-corrected chi connectivity index (χ2v) is 7.47. The number of carbonyl (C=O) groups excluding carboxylic acids is 1. The normalized spacial score (nSPS) is 10.6. The number of aromatic nitrogens is 2. The Balaban J connectivity index is 1.56. The second kappa shape index (κ2) is 9.75. The molecule has 4 rings (SSSR count). The topological polar surface area (TPSA) is 95.3 Å². The van der Waals surface area contributed by atoms with Crippen LogP contribution in [0.25, 0.3) is 11.3 Å². The molecule has 0 radical (unpaired) electrons. The predicted molar refractivity (Wildman–Crippen MR) is 123 cm³/mol. The van der Waals surface area contributed by atoms with E-state index in [0.29, 0.717) is 23.6 Å². The molecular formula is C26H23N3O3. The lowest BCUT2D eigenvalue weighted by Crippen LogP contribution is -2.17. The summed E-state index contributed by atoms with van der Waals surface area (Å²) < 4.78 is 0. The monoisotopic (exact) mass is 425 g/mol. The number of nitrogens with zero attached hydrogens (tertiary/aromatic N) is 2. The van der Waals surface area contributed by atoms with Crippen LogP contribution in [-0.4, -0.2) is 26.1 Å². The lowest BCUT2D eigenvalue weighted by Gasteiger charge is -2.12. The first-order valence-corrected chi connectivity index (χ1v) is 10.3. The lowest BCUT2D eigenvalue weighted by molar-refractivity contribution is -0.115. The van der Waals surface area contributed by atoms with Crippen molar-refractivity contribution in [3.8, 4) is 22.8 Å². The highest BCUT2D eigenvalue weighted by Crippen LogP contribution is 2.23. The average Bonchev–Trinajstić information content (AvgIpc) is 2.81. The number of rotatable bonds is 7. The van der Waals surface area contributed by atoms with Crippen molar-refractivity contribution in [2.75, 3.05) is 5.32 Å². The largest absolute Gasteiger partial charge is 0.508 e. The van der Waals surface area contributed by atoms with Crippen LogP contribution in [0, 0.1) is 0 Å². The minimum atomic E-state index is -0.205. The molecule has 3 aromatic carbocycles. The quantitative estimate of drug-likeness (QED) is 0.405. The number of anilines is 1. The smallest absolute Gasteiger partial charge is 0.229 e. The number of phenolic OH excluding ortho intramolecular Hbond substituents is 2. The van der Waals surface area contributed by atoms with Gasteiger partial charge in [-0.15, -0.1) is 0 Å². The Bertz CT molecular complexity index is 1190. The molecule has 1 amide bonds. The summed E-state index contributed by atoms with van der Waals surface area (Å²) in [6, 6.07) is 23.4. The van der Waals surface area contributed by atoms with Crippen molar-refractivity contribution in [1.82, 2.24) is 9.97 Å². The summed E-state index contributed by atoms with van der Waals surface area (Å²) in [7, 11) is 0. The molecule has 0 spiro atoms. The summed E-state index contributed by atoms with van der Waals surface area (Å²) >= 11 is 0. The average molecular weight is 425 g/mol. The Morgan fingerprint density at radius 3 is 2.12 bits per heavy atom. The van der Waals surface area contributed by atoms with E-state index in [1.165, 1.54) is 5.56 Å². The van der Waals surface area contributed by atoms with Gasteiger partial charge in [0.1, 0.15) is 11.5 Å². The van der Waals surface area contributed by atoms with Crippen LogP contribution in [0.15, 0.2) is 85.1 Å². The van der Waals surface area contributed by atoms with E-state index < -0.39 is 0 Å². The predicted octanol–water partition coefficient (Wildman–Crippen LogP) is 4.52. The lowest BCUT2D eigenvalue weighted by atomic mass is 10.1. The number of hydrogen-bond acceptors (Lipinski definition) is 5. The van der Waals surface area contributed by atoms with Crippen molar-refractivity contribution in [2.24, 2.45) is 0 Å². The number of aryl methyl sites for hydroxylation is 2. The van der Waals surface area contributed by atoms with Gasteiger partial charge in [0.05, 0.1) is 24.0 Å². The third kappa shape index (κ3) is 5.49. The van der Waals surface area contributed by atoms with Gasteiger partial charge in [0.2, 0.25) is 5.91 Å². The highest BCUT2D eigenvalue weighted by molar-refractivity contribution is 5.92. The molecule has 32 heavy (non-hydrogen) atoms. The van der Waals surface area contributed by atoms with Crippen LogP contribution in [0.4, 0.5) is 5.82 Å². The second-order valence-electron chi connectivity index (χ2n) is 7.47. The minimum absolute atomic E-state index is 0.160. The third-order valence-electron chi connectivity index (χ3n) is 5.06. The first kappa shape index (κ1) is 21.1. The molecular weight excluding hydrogens is 402 g/mol. The van der Waals surface area contributed by atoms with Gasteiger partial charge in [-0.3, -0.25) is 4.79 Å². The Morgan fingerprint density at radius 2 is 1.44 bits per heavy atom. The van der Waals surface area contributed by atoms with E-state index >= 15 is 0 Å². The molecule has 6 nitrogen and oxygen atoms in total. The van der Waals surface area contributed by atoms with Gasteiger partial charge in [0.15, 0.2) is 5.82 Å². The first-order valence-electron chi connectivity index (χ1n) is 10.3. The van der Waals surface area contributed by atoms with E-state index in [1.807, 2.05) is 18.2 Å². The fourth-order valence-corrected chi connectivity index (χ4v) is 3.36. The molecule has 6 heteroatoms. The summed E-state index contributed by atoms with van der Waals surface area (Å²) in [5, 5.41) is 21.9. The van der Waals surface area contributed by atoms with E-state index in [2.05, 4.69) is 22.4 Å². The molecule has 0 aliphatic rings. The van der Waals surface area contributed by atoms with Crippen molar-refractivity contribution in [3.05, 3.63) is 102 Å². The van der Waals surface area contributed by atoms with E-state index in [4.69, 9.17) is 4.98 Å². The molecule has 0 saturated heterocycles. The number of nitrogens with one attached hydrogen (secondary N) is 1. The number of benzene rings is 3. The molecule has 3 N–H and O–H groups in total. The zero-order valence-electron chi connectivity index (χ0n) is 17.4. The van der Waals surface area contributed by atoms with Crippen molar-refractivity contribution in [1.29, 1.82) is 0 Å². The molecule has 0 unspecified atom stereocenters. The Kier molecular flexibility index (Phi) is 6.41. The van der Waals surface area contributed by atoms with Crippen molar-refractivity contribution >= 4 is 11.7 Å². The summed E-state index contributed by atoms with van der Waals surface area (Å²) in [5.74, 6) is 0.577. The van der Waals surface area contributed by atoms with Gasteiger partial charge >= 0.3 is 0 Å². The van der Waals surface area contributed by atoms with Crippen molar-refractivity contribution < 1.29 is 15.0 Å². The SMILES string of the molecule is O=C(Cc1ccc(O)cc1)Nc1ncc(-c2ccc(O)cc2)nc1CCc1ccccc1. The van der Waals surface area contributed by atoms with Crippen LogP contribution in [0.2, 0.25) is 0 Å². The fourth-order valence-electron chi connectivity index (χ4n) is 3.36. The molecule has 0 aliphatic carbocycles. The summed E-state index contributed by atoms with van der Waals surface area (Å²) in [6.07, 6.45) is 3.15. The minimum Gasteiger partial charge on any atom is -0.508 e. The standard InChI is InChI=1S/C26H23N3O3/c30-21-11-6-19(7-12-21)16-25(32)29-26-23(15-8-18-4-2-1-3-5-18)28-24(17-27-26)20-9-13-22(31)14-10-20/h1-7,9-14,17,30-31H,8,15-16H2,(H,27,29,32). The Hall–Kier alpha value is -4.19. The van der Waals surface area contributed by atoms with Gasteiger partial charge in [-0.1, -0.05) is 42.5 Å². The van der Waals surface area contributed by atoms with Gasteiger partial charge in [0, 0.05) is 5.56 Å². The highest BCUT2D eigenvalue weighted by atomic mass is 16.3. The number of aromatic hydroxyl groups is 2. The summed E-state index contributed by atoms with van der Waals surface area (Å²) in [4.78, 5) is 21.9. The molecule has 0 bridgehead atoms. The van der Waals surface area contributed by atoms with Crippen LogP contribution in [-0.2, 0) is 24.1 Å². The molecule has 4 aromatic rings. The molecule has 0 atom stereocenters. The van der Waals surface area contributed by atoms with Crippen molar-refractivity contribution in [3.63, 3.8) is 0 Å².